The van der Waals surface area contributed by atoms with Gasteiger partial charge in [0.2, 0.25) is 0 Å². The van der Waals surface area contributed by atoms with Gasteiger partial charge in [-0.3, -0.25) is 10.1 Å². The molecule has 2 saturated heterocycles. The number of carbonyl (C=O) groups excluding carboxylic acids is 1. The zero-order chi connectivity index (χ0) is 26.9. The van der Waals surface area contributed by atoms with Gasteiger partial charge in [-0.25, -0.2) is 9.48 Å². The molecule has 200 valence electrons. The zero-order valence-electron chi connectivity index (χ0n) is 21.4. The zero-order valence-corrected chi connectivity index (χ0v) is 22.2. The number of amides is 1. The number of ether oxygens (including phenoxy) is 2. The number of carboxylic acids is 1. The maximum atomic E-state index is 12.7. The lowest BCUT2D eigenvalue weighted by molar-refractivity contribution is -0.165. The fraction of sp³-hybridized carbons (Fsp3) is 0.429. The van der Waals surface area contributed by atoms with E-state index < -0.39 is 18.2 Å². The number of anilines is 1. The molecule has 2 bridgehead atoms. The number of aryl methyl sites for hydroxylation is 1. The van der Waals surface area contributed by atoms with Gasteiger partial charge in [-0.05, 0) is 50.7 Å². The summed E-state index contributed by atoms with van der Waals surface area (Å²) in [6, 6.07) is 15.4. The monoisotopic (exact) mass is 538 g/mol. The predicted octanol–water partition coefficient (Wildman–Crippen LogP) is 5.89. The van der Waals surface area contributed by atoms with Crippen LogP contribution in [0.25, 0.3) is 11.3 Å². The molecule has 2 N–H and O–H groups in total. The Kier molecular flexibility index (Phi) is 7.15. The first kappa shape index (κ1) is 26.2. The summed E-state index contributed by atoms with van der Waals surface area (Å²) in [7, 11) is 1.70. The van der Waals surface area contributed by atoms with Crippen LogP contribution in [-0.2, 0) is 26.7 Å². The highest BCUT2D eigenvalue weighted by Gasteiger charge is 2.50. The molecular weight excluding hydrogens is 508 g/mol. The molecule has 3 aliphatic rings. The van der Waals surface area contributed by atoms with Crippen LogP contribution in [0.5, 0.6) is 0 Å². The number of rotatable bonds is 8. The molecule has 1 atom stereocenters. The number of aliphatic carboxylic acids is 1. The lowest BCUT2D eigenvalue weighted by Gasteiger charge is -2.53. The van der Waals surface area contributed by atoms with E-state index in [0.717, 1.165) is 36.8 Å². The second-order valence-corrected chi connectivity index (χ2v) is 10.7. The Morgan fingerprint density at radius 3 is 2.50 bits per heavy atom. The normalized spacial score (nSPS) is 23.1. The van der Waals surface area contributed by atoms with E-state index in [2.05, 4.69) is 27.8 Å². The van der Waals surface area contributed by atoms with Crippen LogP contribution >= 0.6 is 11.6 Å². The van der Waals surface area contributed by atoms with E-state index in [1.165, 1.54) is 10.2 Å². The van der Waals surface area contributed by atoms with Crippen LogP contribution < -0.4 is 5.32 Å². The Hall–Kier alpha value is -3.43. The number of fused-ring (bicyclic) bond motifs is 3. The minimum Gasteiger partial charge on any atom is -0.481 e. The maximum absolute atomic E-state index is 12.7. The van der Waals surface area contributed by atoms with Gasteiger partial charge in [0.05, 0.1) is 12.2 Å². The van der Waals surface area contributed by atoms with Gasteiger partial charge in [0.15, 0.2) is 5.82 Å². The average Bonchev–Trinajstić information content (AvgIpc) is 3.28. The standard InChI is InChI=1S/C28H31ClN4O5/c1-18(21-5-3-4-6-22(21)29)38-26(36)30-25-24(31-32-33(25)2)19-7-9-20(10-8-19)27-13-15-28(16-14-27,37-17-27)12-11-23(34)35/h3-10,18H,11-17H2,1-2H3,(H,30,36)(H,34,35). The number of nitrogens with one attached hydrogen (secondary N) is 1. The van der Waals surface area contributed by atoms with E-state index in [9.17, 15) is 9.59 Å². The van der Waals surface area contributed by atoms with Gasteiger partial charge in [-0.2, -0.15) is 0 Å². The van der Waals surface area contributed by atoms with Crippen molar-refractivity contribution in [3.05, 3.63) is 64.7 Å². The fourth-order valence-corrected chi connectivity index (χ4v) is 5.91. The lowest BCUT2D eigenvalue weighted by Crippen LogP contribution is -2.53. The molecule has 3 heterocycles. The van der Waals surface area contributed by atoms with Crippen LogP contribution in [0.3, 0.4) is 0 Å². The number of benzene rings is 2. The molecule has 3 fully saturated rings. The molecule has 1 amide bonds. The molecule has 9 nitrogen and oxygen atoms in total. The Morgan fingerprint density at radius 1 is 1.16 bits per heavy atom. The Balaban J connectivity index is 1.27. The highest BCUT2D eigenvalue weighted by Crippen LogP contribution is 2.52. The number of aromatic nitrogens is 3. The van der Waals surface area contributed by atoms with Crippen molar-refractivity contribution in [1.29, 1.82) is 0 Å². The van der Waals surface area contributed by atoms with Gasteiger partial charge in [0.25, 0.3) is 0 Å². The third-order valence-corrected chi connectivity index (χ3v) is 8.36. The molecule has 1 unspecified atom stereocenters. The van der Waals surface area contributed by atoms with Crippen LogP contribution in [0.15, 0.2) is 48.5 Å². The summed E-state index contributed by atoms with van der Waals surface area (Å²) in [6.45, 7) is 2.36. The van der Waals surface area contributed by atoms with Crippen molar-refractivity contribution in [3.8, 4) is 11.3 Å². The summed E-state index contributed by atoms with van der Waals surface area (Å²) in [5.74, 6) is -0.351. The van der Waals surface area contributed by atoms with Gasteiger partial charge in [-0.1, -0.05) is 59.3 Å². The van der Waals surface area contributed by atoms with Crippen LogP contribution in [0, 0.1) is 0 Å². The van der Waals surface area contributed by atoms with E-state index in [4.69, 9.17) is 26.2 Å². The minimum absolute atomic E-state index is 0.0639. The topological polar surface area (TPSA) is 116 Å². The summed E-state index contributed by atoms with van der Waals surface area (Å²) < 4.78 is 13.3. The largest absolute Gasteiger partial charge is 0.481 e. The highest BCUT2D eigenvalue weighted by molar-refractivity contribution is 6.31. The molecule has 38 heavy (non-hydrogen) atoms. The van der Waals surface area contributed by atoms with Gasteiger partial charge in [0.1, 0.15) is 11.8 Å². The van der Waals surface area contributed by atoms with Gasteiger partial charge in [0, 0.05) is 35.0 Å². The van der Waals surface area contributed by atoms with Gasteiger partial charge >= 0.3 is 12.1 Å². The molecule has 2 aromatic carbocycles. The van der Waals surface area contributed by atoms with Gasteiger partial charge < -0.3 is 14.6 Å². The molecule has 0 spiro atoms. The van der Waals surface area contributed by atoms with Crippen molar-refractivity contribution in [2.75, 3.05) is 11.9 Å². The second-order valence-electron chi connectivity index (χ2n) is 10.3. The third-order valence-electron chi connectivity index (χ3n) is 8.01. The number of hydrogen-bond donors (Lipinski definition) is 2. The summed E-state index contributed by atoms with van der Waals surface area (Å²) in [4.78, 5) is 23.8. The van der Waals surface area contributed by atoms with Gasteiger partial charge in [-0.15, -0.1) is 5.10 Å². The van der Waals surface area contributed by atoms with E-state index in [0.29, 0.717) is 29.6 Å². The molecule has 10 heteroatoms. The third kappa shape index (κ3) is 5.13. The lowest BCUT2D eigenvalue weighted by atomic mass is 9.62. The molecule has 1 aromatic heterocycles. The highest BCUT2D eigenvalue weighted by atomic mass is 35.5. The van der Waals surface area contributed by atoms with E-state index in [-0.39, 0.29) is 17.4 Å². The molecule has 2 aliphatic heterocycles. The summed E-state index contributed by atoms with van der Waals surface area (Å²) in [5.41, 5.74) is 2.91. The fourth-order valence-electron chi connectivity index (χ4n) is 5.62. The smallest absolute Gasteiger partial charge is 0.413 e. The molecule has 6 rings (SSSR count). The van der Waals surface area contributed by atoms with Crippen molar-refractivity contribution in [2.45, 2.75) is 62.6 Å². The van der Waals surface area contributed by atoms with E-state index >= 15 is 0 Å². The second kappa shape index (κ2) is 10.4. The van der Waals surface area contributed by atoms with E-state index in [1.54, 1.807) is 20.0 Å². The predicted molar refractivity (Wildman–Crippen MR) is 142 cm³/mol. The van der Waals surface area contributed by atoms with E-state index in [1.807, 2.05) is 30.3 Å². The summed E-state index contributed by atoms with van der Waals surface area (Å²) >= 11 is 6.23. The van der Waals surface area contributed by atoms with Crippen molar-refractivity contribution in [1.82, 2.24) is 15.0 Å². The summed E-state index contributed by atoms with van der Waals surface area (Å²) in [6.07, 6.45) is 3.22. The van der Waals surface area contributed by atoms with Crippen molar-refractivity contribution >= 4 is 29.5 Å². The molecular formula is C28H31ClN4O5. The van der Waals surface area contributed by atoms with Crippen molar-refractivity contribution < 1.29 is 24.2 Å². The minimum atomic E-state index is -0.776. The first-order chi connectivity index (χ1) is 18.2. The van der Waals surface area contributed by atoms with Crippen LogP contribution in [0.1, 0.15) is 62.7 Å². The number of carboxylic acid groups (broad SMARTS) is 1. The number of carbonyl (C=O) groups is 2. The van der Waals surface area contributed by atoms with Crippen molar-refractivity contribution in [2.24, 2.45) is 7.05 Å². The summed E-state index contributed by atoms with van der Waals surface area (Å²) in [5, 5.41) is 20.8. The van der Waals surface area contributed by atoms with Crippen LogP contribution in [-0.4, -0.2) is 44.4 Å². The molecule has 0 radical (unpaired) electrons. The average molecular weight is 539 g/mol. The quantitative estimate of drug-likeness (QED) is 0.367. The molecule has 1 aliphatic carbocycles. The first-order valence-electron chi connectivity index (χ1n) is 12.8. The van der Waals surface area contributed by atoms with Crippen molar-refractivity contribution in [3.63, 3.8) is 0 Å². The number of hydrogen-bond acceptors (Lipinski definition) is 6. The number of halogens is 1. The Bertz CT molecular complexity index is 1310. The maximum Gasteiger partial charge on any atom is 0.413 e. The van der Waals surface area contributed by atoms with Crippen LogP contribution in [0.4, 0.5) is 10.6 Å². The number of nitrogens with zero attached hydrogens (tertiary/aromatic N) is 3. The SMILES string of the molecule is CC(OC(=O)Nc1c(-c2ccc(C34CCC(CCC(=O)O)(CC3)OC4)cc2)nnn1C)c1ccccc1Cl. The Labute approximate surface area is 226 Å². The molecule has 1 saturated carbocycles. The molecule has 3 aromatic rings. The Morgan fingerprint density at radius 2 is 1.87 bits per heavy atom. The first-order valence-corrected chi connectivity index (χ1v) is 13.2. The van der Waals surface area contributed by atoms with Crippen LogP contribution in [0.2, 0.25) is 5.02 Å².